The predicted octanol–water partition coefficient (Wildman–Crippen LogP) is 3.30. The minimum absolute atomic E-state index is 0.101. The zero-order valence-corrected chi connectivity index (χ0v) is 12.2. The summed E-state index contributed by atoms with van der Waals surface area (Å²) < 4.78 is 5.77. The fourth-order valence-electron chi connectivity index (χ4n) is 5.21. The van der Waals surface area contributed by atoms with Crippen LogP contribution in [0, 0.1) is 11.8 Å². The smallest absolute Gasteiger partial charge is 0.332 e. The summed E-state index contributed by atoms with van der Waals surface area (Å²) in [5.74, 6) is 1.59. The first-order valence-corrected chi connectivity index (χ1v) is 8.34. The van der Waals surface area contributed by atoms with Crippen LogP contribution in [0.15, 0.2) is 12.3 Å². The van der Waals surface area contributed by atoms with Crippen molar-refractivity contribution in [3.8, 4) is 0 Å². The molecule has 4 aliphatic carbocycles. The highest BCUT2D eigenvalue weighted by molar-refractivity contribution is 5.82. The van der Waals surface area contributed by atoms with E-state index in [-0.39, 0.29) is 11.6 Å². The molecule has 0 heterocycles. The van der Waals surface area contributed by atoms with E-state index in [4.69, 9.17) is 4.74 Å². The summed E-state index contributed by atoms with van der Waals surface area (Å²) in [7, 11) is 0. The lowest BCUT2D eigenvalue weighted by atomic mass is 9.94. The molecular formula is C17H25NO2. The fourth-order valence-corrected chi connectivity index (χ4v) is 5.21. The largest absolute Gasteiger partial charge is 0.456 e. The van der Waals surface area contributed by atoms with Crippen LogP contribution in [-0.4, -0.2) is 17.1 Å². The van der Waals surface area contributed by atoms with E-state index in [1.807, 2.05) is 6.20 Å². The highest BCUT2D eigenvalue weighted by Gasteiger charge is 2.47. The van der Waals surface area contributed by atoms with Crippen LogP contribution >= 0.6 is 0 Å². The molecule has 0 aromatic carbocycles. The average molecular weight is 275 g/mol. The maximum Gasteiger partial charge on any atom is 0.332 e. The number of fused-ring (bicyclic) bond motifs is 4. The molecular weight excluding hydrogens is 250 g/mol. The van der Waals surface area contributed by atoms with Gasteiger partial charge in [0.2, 0.25) is 0 Å². The van der Waals surface area contributed by atoms with Gasteiger partial charge in [-0.05, 0) is 76.0 Å². The van der Waals surface area contributed by atoms with Crippen molar-refractivity contribution in [3.63, 3.8) is 0 Å². The first-order valence-electron chi connectivity index (χ1n) is 8.34. The summed E-state index contributed by atoms with van der Waals surface area (Å²) >= 11 is 0. The van der Waals surface area contributed by atoms with Crippen molar-refractivity contribution in [2.24, 2.45) is 11.8 Å². The van der Waals surface area contributed by atoms with Gasteiger partial charge in [0, 0.05) is 17.8 Å². The lowest BCUT2D eigenvalue weighted by molar-refractivity contribution is -0.152. The quantitative estimate of drug-likeness (QED) is 0.632. The summed E-state index contributed by atoms with van der Waals surface area (Å²) in [6.07, 6.45) is 15.8. The van der Waals surface area contributed by atoms with Gasteiger partial charge in [-0.3, -0.25) is 0 Å². The van der Waals surface area contributed by atoms with Crippen LogP contribution < -0.4 is 5.32 Å². The van der Waals surface area contributed by atoms with E-state index >= 15 is 0 Å². The molecule has 0 aliphatic heterocycles. The number of ether oxygens (including phenoxy) is 1. The molecule has 0 atom stereocenters. The van der Waals surface area contributed by atoms with Crippen LogP contribution in [-0.2, 0) is 9.53 Å². The summed E-state index contributed by atoms with van der Waals surface area (Å²) in [6.45, 7) is 0. The van der Waals surface area contributed by atoms with E-state index in [0.717, 1.165) is 31.1 Å². The molecule has 0 saturated heterocycles. The molecule has 4 saturated carbocycles. The fraction of sp³-hybridized carbons (Fsp3) is 0.824. The topological polar surface area (TPSA) is 38.3 Å². The molecule has 110 valence electrons. The lowest BCUT2D eigenvalue weighted by Gasteiger charge is -2.27. The van der Waals surface area contributed by atoms with Crippen LogP contribution in [0.4, 0.5) is 0 Å². The monoisotopic (exact) mass is 275 g/mol. The maximum absolute atomic E-state index is 12.0. The van der Waals surface area contributed by atoms with E-state index in [0.29, 0.717) is 5.54 Å². The minimum Gasteiger partial charge on any atom is -0.456 e. The molecule has 0 spiro atoms. The Hall–Kier alpha value is -0.990. The highest BCUT2D eigenvalue weighted by Crippen LogP contribution is 2.50. The van der Waals surface area contributed by atoms with Crippen molar-refractivity contribution < 1.29 is 9.53 Å². The second-order valence-corrected chi connectivity index (χ2v) is 7.66. The molecule has 4 fully saturated rings. The van der Waals surface area contributed by atoms with Crippen LogP contribution in [0.2, 0.25) is 0 Å². The molecule has 1 N–H and O–H groups in total. The Balaban J connectivity index is 1.30. The van der Waals surface area contributed by atoms with E-state index in [1.165, 1.54) is 44.9 Å². The van der Waals surface area contributed by atoms with Crippen molar-refractivity contribution in [1.82, 2.24) is 5.32 Å². The third kappa shape index (κ3) is 2.15. The maximum atomic E-state index is 12.0. The molecule has 0 aromatic rings. The zero-order chi connectivity index (χ0) is 13.6. The van der Waals surface area contributed by atoms with Crippen LogP contribution in [0.25, 0.3) is 0 Å². The molecule has 0 amide bonds. The normalized spacial score (nSPS) is 45.4. The van der Waals surface area contributed by atoms with Crippen molar-refractivity contribution in [3.05, 3.63) is 12.3 Å². The SMILES string of the molecule is O=C(C=CNC12CCC(CC1)C2)OC12CCC(CC1)C2. The zero-order valence-electron chi connectivity index (χ0n) is 12.2. The van der Waals surface area contributed by atoms with Gasteiger partial charge in [0.15, 0.2) is 0 Å². The third-order valence-electron chi connectivity index (χ3n) is 6.34. The molecule has 3 nitrogen and oxygen atoms in total. The average Bonchev–Trinajstić information content (AvgIpc) is 3.17. The van der Waals surface area contributed by atoms with Gasteiger partial charge in [0.25, 0.3) is 0 Å². The van der Waals surface area contributed by atoms with Crippen LogP contribution in [0.1, 0.15) is 64.2 Å². The van der Waals surface area contributed by atoms with Gasteiger partial charge in [0.05, 0.1) is 0 Å². The van der Waals surface area contributed by atoms with E-state index < -0.39 is 0 Å². The van der Waals surface area contributed by atoms with Gasteiger partial charge in [0.1, 0.15) is 5.60 Å². The number of esters is 1. The lowest BCUT2D eigenvalue weighted by Crippen LogP contribution is -2.37. The van der Waals surface area contributed by atoms with Crippen molar-refractivity contribution in [2.75, 3.05) is 0 Å². The molecule has 4 rings (SSSR count). The van der Waals surface area contributed by atoms with Crippen molar-refractivity contribution in [1.29, 1.82) is 0 Å². The van der Waals surface area contributed by atoms with Crippen molar-refractivity contribution in [2.45, 2.75) is 75.3 Å². The van der Waals surface area contributed by atoms with Gasteiger partial charge in [-0.2, -0.15) is 0 Å². The second kappa shape index (κ2) is 4.51. The Labute approximate surface area is 121 Å². The Morgan fingerprint density at radius 3 is 2.20 bits per heavy atom. The van der Waals surface area contributed by atoms with E-state index in [2.05, 4.69) is 5.32 Å². The van der Waals surface area contributed by atoms with Gasteiger partial charge in [-0.25, -0.2) is 4.79 Å². The Morgan fingerprint density at radius 1 is 1.00 bits per heavy atom. The van der Waals surface area contributed by atoms with Crippen molar-refractivity contribution >= 4 is 5.97 Å². The van der Waals surface area contributed by atoms with Crippen LogP contribution in [0.5, 0.6) is 0 Å². The number of hydrogen-bond acceptors (Lipinski definition) is 3. The summed E-state index contributed by atoms with van der Waals surface area (Å²) in [5.41, 5.74) is 0.196. The number of hydrogen-bond donors (Lipinski definition) is 1. The number of carbonyl (C=O) groups is 1. The van der Waals surface area contributed by atoms with E-state index in [1.54, 1.807) is 6.08 Å². The summed E-state index contributed by atoms with van der Waals surface area (Å²) in [6, 6.07) is 0. The number of carbonyl (C=O) groups excluding carboxylic acids is 1. The molecule has 0 aromatic heterocycles. The highest BCUT2D eigenvalue weighted by atomic mass is 16.6. The Morgan fingerprint density at radius 2 is 1.65 bits per heavy atom. The minimum atomic E-state index is -0.149. The van der Waals surface area contributed by atoms with Gasteiger partial charge < -0.3 is 10.1 Å². The molecule has 0 radical (unpaired) electrons. The third-order valence-corrected chi connectivity index (χ3v) is 6.34. The van der Waals surface area contributed by atoms with Gasteiger partial charge in [-0.15, -0.1) is 0 Å². The predicted molar refractivity (Wildman–Crippen MR) is 77.0 cm³/mol. The van der Waals surface area contributed by atoms with Gasteiger partial charge in [-0.1, -0.05) is 0 Å². The molecule has 4 bridgehead atoms. The first-order chi connectivity index (χ1) is 9.67. The van der Waals surface area contributed by atoms with Crippen LogP contribution in [0.3, 0.4) is 0 Å². The summed E-state index contributed by atoms with van der Waals surface area (Å²) in [5, 5.41) is 3.50. The molecule has 3 heteroatoms. The molecule has 4 aliphatic rings. The standard InChI is InChI=1S/C17H25NO2/c19-15(20-17-8-3-14(12-17)4-9-17)5-10-18-16-6-1-13(11-16)2-7-16/h5,10,13-14,18H,1-4,6-9,11-12H2. The molecule has 20 heavy (non-hydrogen) atoms. The second-order valence-electron chi connectivity index (χ2n) is 7.66. The molecule has 0 unspecified atom stereocenters. The Kier molecular flexibility index (Phi) is 2.87. The number of rotatable bonds is 4. The number of nitrogens with one attached hydrogen (secondary N) is 1. The van der Waals surface area contributed by atoms with E-state index in [9.17, 15) is 4.79 Å². The summed E-state index contributed by atoms with van der Waals surface area (Å²) in [4.78, 5) is 12.0. The Bertz CT molecular complexity index is 426. The van der Waals surface area contributed by atoms with Gasteiger partial charge >= 0.3 is 5.97 Å². The first kappa shape index (κ1) is 12.7.